The first-order chi connectivity index (χ1) is 12.0. The van der Waals surface area contributed by atoms with Crippen LogP contribution in [0.3, 0.4) is 0 Å². The Hall–Kier alpha value is -2.88. The number of nitrogens with one attached hydrogen (secondary N) is 1. The van der Waals surface area contributed by atoms with E-state index in [9.17, 15) is 9.18 Å². The molecule has 0 radical (unpaired) electrons. The van der Waals surface area contributed by atoms with E-state index in [1.165, 1.54) is 12.1 Å². The normalized spacial score (nSPS) is 12.0. The molecule has 0 fully saturated rings. The first-order valence-corrected chi connectivity index (χ1v) is 8.28. The second-order valence-electron chi connectivity index (χ2n) is 6.27. The maximum atomic E-state index is 13.2. The smallest absolute Gasteiger partial charge is 0.226 e. The Labute approximate surface area is 147 Å². The lowest BCUT2D eigenvalue weighted by molar-refractivity contribution is -0.116. The third kappa shape index (κ3) is 4.15. The standard InChI is InChI=1S/C21H21FN2O/c1-15-6-5-7-17(12-15)20(24-10-3-4-11-24)14-21(25)23-19-9-8-18(22)13-16(19)2/h3-13,20H,14H2,1-2H3,(H,23,25)/t20-/m0/s1. The fraction of sp³-hybridized carbons (Fsp3) is 0.190. The number of nitrogens with zero attached hydrogens (tertiary/aromatic N) is 1. The molecule has 3 aromatic rings. The maximum absolute atomic E-state index is 13.2. The van der Waals surface area contributed by atoms with Crippen LogP contribution in [0.25, 0.3) is 0 Å². The summed E-state index contributed by atoms with van der Waals surface area (Å²) in [5.41, 5.74) is 3.59. The number of aromatic nitrogens is 1. The molecule has 0 saturated heterocycles. The lowest BCUT2D eigenvalue weighted by atomic mass is 10.0. The molecule has 3 rings (SSSR count). The van der Waals surface area contributed by atoms with Crippen molar-refractivity contribution in [1.29, 1.82) is 0 Å². The van der Waals surface area contributed by atoms with Crippen LogP contribution >= 0.6 is 0 Å². The van der Waals surface area contributed by atoms with Crippen LogP contribution in [0.4, 0.5) is 10.1 Å². The van der Waals surface area contributed by atoms with Crippen LogP contribution in [-0.2, 0) is 4.79 Å². The second kappa shape index (κ2) is 7.34. The van der Waals surface area contributed by atoms with Crippen LogP contribution in [0.1, 0.15) is 29.2 Å². The first kappa shape index (κ1) is 17.0. The molecule has 3 nitrogen and oxygen atoms in total. The zero-order chi connectivity index (χ0) is 17.8. The third-order valence-electron chi connectivity index (χ3n) is 4.26. The fourth-order valence-electron chi connectivity index (χ4n) is 2.97. The minimum atomic E-state index is -0.305. The highest BCUT2D eigenvalue weighted by atomic mass is 19.1. The number of anilines is 1. The van der Waals surface area contributed by atoms with Crippen molar-refractivity contribution in [3.8, 4) is 0 Å². The summed E-state index contributed by atoms with van der Waals surface area (Å²) in [5.74, 6) is -0.407. The largest absolute Gasteiger partial charge is 0.346 e. The molecule has 1 amide bonds. The van der Waals surface area contributed by atoms with Gasteiger partial charge in [0.05, 0.1) is 12.5 Å². The molecule has 2 aromatic carbocycles. The van der Waals surface area contributed by atoms with Gasteiger partial charge in [0, 0.05) is 18.1 Å². The first-order valence-electron chi connectivity index (χ1n) is 8.28. The van der Waals surface area contributed by atoms with E-state index in [-0.39, 0.29) is 17.8 Å². The van der Waals surface area contributed by atoms with Crippen molar-refractivity contribution < 1.29 is 9.18 Å². The fourth-order valence-corrected chi connectivity index (χ4v) is 2.97. The molecule has 0 saturated carbocycles. The average molecular weight is 336 g/mol. The second-order valence-corrected chi connectivity index (χ2v) is 6.27. The van der Waals surface area contributed by atoms with Gasteiger partial charge in [0.1, 0.15) is 5.82 Å². The highest BCUT2D eigenvalue weighted by Gasteiger charge is 2.18. The molecule has 1 heterocycles. The number of aryl methyl sites for hydroxylation is 2. The number of benzene rings is 2. The van der Waals surface area contributed by atoms with Gasteiger partial charge in [0.2, 0.25) is 5.91 Å². The molecule has 25 heavy (non-hydrogen) atoms. The average Bonchev–Trinajstić information content (AvgIpc) is 3.09. The van der Waals surface area contributed by atoms with Crippen molar-refractivity contribution in [3.05, 3.63) is 89.5 Å². The molecule has 0 bridgehead atoms. The van der Waals surface area contributed by atoms with Crippen molar-refractivity contribution in [3.63, 3.8) is 0 Å². The van der Waals surface area contributed by atoms with Crippen molar-refractivity contribution >= 4 is 11.6 Å². The Bertz CT molecular complexity index is 871. The van der Waals surface area contributed by atoms with Crippen molar-refractivity contribution in [2.24, 2.45) is 0 Å². The van der Waals surface area contributed by atoms with Crippen LogP contribution in [-0.4, -0.2) is 10.5 Å². The van der Waals surface area contributed by atoms with Crippen LogP contribution in [0.15, 0.2) is 67.0 Å². The molecular weight excluding hydrogens is 315 g/mol. The minimum Gasteiger partial charge on any atom is -0.346 e. The minimum absolute atomic E-state index is 0.0874. The molecule has 0 aliphatic rings. The topological polar surface area (TPSA) is 34.0 Å². The van der Waals surface area contributed by atoms with Crippen LogP contribution in [0, 0.1) is 19.7 Å². The lowest BCUT2D eigenvalue weighted by Crippen LogP contribution is -2.20. The number of rotatable bonds is 5. The van der Waals surface area contributed by atoms with E-state index in [1.54, 1.807) is 13.0 Å². The van der Waals surface area contributed by atoms with Crippen LogP contribution < -0.4 is 5.32 Å². The van der Waals surface area contributed by atoms with Crippen LogP contribution in [0.5, 0.6) is 0 Å². The summed E-state index contributed by atoms with van der Waals surface area (Å²) in [5, 5.41) is 2.90. The summed E-state index contributed by atoms with van der Waals surface area (Å²) in [4.78, 5) is 12.6. The lowest BCUT2D eigenvalue weighted by Gasteiger charge is -2.20. The molecule has 1 N–H and O–H groups in total. The summed E-state index contributed by atoms with van der Waals surface area (Å²) in [6.07, 6.45) is 4.22. The van der Waals surface area contributed by atoms with E-state index in [2.05, 4.69) is 11.4 Å². The highest BCUT2D eigenvalue weighted by molar-refractivity contribution is 5.92. The number of amides is 1. The van der Waals surface area contributed by atoms with Gasteiger partial charge < -0.3 is 9.88 Å². The molecular formula is C21H21FN2O. The molecule has 1 atom stereocenters. The van der Waals surface area contributed by atoms with E-state index in [4.69, 9.17) is 0 Å². The Morgan fingerprint density at radius 2 is 1.84 bits per heavy atom. The molecule has 1 aromatic heterocycles. The SMILES string of the molecule is Cc1cccc([C@H](CC(=O)Nc2ccc(F)cc2C)n2cccc2)c1. The van der Waals surface area contributed by atoms with E-state index < -0.39 is 0 Å². The predicted octanol–water partition coefficient (Wildman–Crippen LogP) is 4.86. The highest BCUT2D eigenvalue weighted by Crippen LogP contribution is 2.24. The molecule has 128 valence electrons. The molecule has 0 aliphatic heterocycles. The monoisotopic (exact) mass is 336 g/mol. The van der Waals surface area contributed by atoms with E-state index in [0.717, 1.165) is 11.1 Å². The van der Waals surface area contributed by atoms with Crippen molar-refractivity contribution in [2.45, 2.75) is 26.3 Å². The number of carbonyl (C=O) groups is 1. The Balaban J connectivity index is 1.82. The summed E-state index contributed by atoms with van der Waals surface area (Å²) < 4.78 is 15.3. The van der Waals surface area contributed by atoms with Gasteiger partial charge >= 0.3 is 0 Å². The van der Waals surface area contributed by atoms with E-state index in [0.29, 0.717) is 17.7 Å². The van der Waals surface area contributed by atoms with Gasteiger partial charge in [-0.2, -0.15) is 0 Å². The van der Waals surface area contributed by atoms with E-state index >= 15 is 0 Å². The third-order valence-corrected chi connectivity index (χ3v) is 4.26. The van der Waals surface area contributed by atoms with Crippen LogP contribution in [0.2, 0.25) is 0 Å². The van der Waals surface area contributed by atoms with Crippen molar-refractivity contribution in [2.75, 3.05) is 5.32 Å². The number of halogens is 1. The maximum Gasteiger partial charge on any atom is 0.226 e. The summed E-state index contributed by atoms with van der Waals surface area (Å²) >= 11 is 0. The van der Waals surface area contributed by atoms with Gasteiger partial charge in [0.25, 0.3) is 0 Å². The summed E-state index contributed by atoms with van der Waals surface area (Å²) in [6, 6.07) is 16.4. The summed E-state index contributed by atoms with van der Waals surface area (Å²) in [6.45, 7) is 3.82. The Morgan fingerprint density at radius 3 is 2.52 bits per heavy atom. The Kier molecular flexibility index (Phi) is 4.98. The Morgan fingerprint density at radius 1 is 1.08 bits per heavy atom. The molecule has 0 spiro atoms. The zero-order valence-corrected chi connectivity index (χ0v) is 14.4. The summed E-state index contributed by atoms with van der Waals surface area (Å²) in [7, 11) is 0. The van der Waals surface area contributed by atoms with Crippen molar-refractivity contribution in [1.82, 2.24) is 4.57 Å². The van der Waals surface area contributed by atoms with Gasteiger partial charge in [-0.05, 0) is 55.3 Å². The zero-order valence-electron chi connectivity index (χ0n) is 14.4. The molecule has 4 heteroatoms. The van der Waals surface area contributed by atoms with Gasteiger partial charge in [-0.3, -0.25) is 4.79 Å². The molecule has 0 unspecified atom stereocenters. The predicted molar refractivity (Wildman–Crippen MR) is 98.1 cm³/mol. The quantitative estimate of drug-likeness (QED) is 0.709. The van der Waals surface area contributed by atoms with Gasteiger partial charge in [0.15, 0.2) is 0 Å². The molecule has 0 aliphatic carbocycles. The van der Waals surface area contributed by atoms with Gasteiger partial charge in [-0.25, -0.2) is 4.39 Å². The van der Waals surface area contributed by atoms with Gasteiger partial charge in [-0.1, -0.05) is 29.8 Å². The number of hydrogen-bond donors (Lipinski definition) is 1. The van der Waals surface area contributed by atoms with E-state index in [1.807, 2.05) is 54.2 Å². The number of carbonyl (C=O) groups excluding carboxylic acids is 1. The number of hydrogen-bond acceptors (Lipinski definition) is 1. The van der Waals surface area contributed by atoms with Gasteiger partial charge in [-0.15, -0.1) is 0 Å².